The predicted molar refractivity (Wildman–Crippen MR) is 77.6 cm³/mol. The summed E-state index contributed by atoms with van der Waals surface area (Å²) in [6, 6.07) is 17.2. The fourth-order valence-electron chi connectivity index (χ4n) is 2.35. The molecule has 4 nitrogen and oxygen atoms in total. The summed E-state index contributed by atoms with van der Waals surface area (Å²) in [6.45, 7) is 0. The van der Waals surface area contributed by atoms with Crippen LogP contribution in [0.15, 0.2) is 66.1 Å². The minimum atomic E-state index is -0.166. The number of fused-ring (bicyclic) bond motifs is 1. The zero-order chi connectivity index (χ0) is 14.7. The van der Waals surface area contributed by atoms with Gasteiger partial charge >= 0.3 is 0 Å². The van der Waals surface area contributed by atoms with E-state index in [4.69, 9.17) is 4.74 Å². The highest BCUT2D eigenvalue weighted by Crippen LogP contribution is 2.35. The molecule has 104 valence electrons. The van der Waals surface area contributed by atoms with Crippen LogP contribution in [0.4, 0.5) is 0 Å². The van der Waals surface area contributed by atoms with Gasteiger partial charge in [-0.1, -0.05) is 48.5 Å². The molecule has 4 heteroatoms. The molecule has 1 heterocycles. The fraction of sp³-hybridized carbons (Fsp3) is 0.0588. The maximum absolute atomic E-state index is 11.0. The third-order valence-corrected chi connectivity index (χ3v) is 3.37. The molecule has 0 spiro atoms. The number of aldehydes is 2. The van der Waals surface area contributed by atoms with Crippen LogP contribution >= 0.6 is 0 Å². The van der Waals surface area contributed by atoms with E-state index in [0.29, 0.717) is 18.3 Å². The average molecular weight is 279 g/mol. The Morgan fingerprint density at radius 3 is 2.33 bits per heavy atom. The molecule has 0 aromatic heterocycles. The Kier molecular flexibility index (Phi) is 3.51. The van der Waals surface area contributed by atoms with E-state index in [1.807, 2.05) is 54.6 Å². The second kappa shape index (κ2) is 5.63. The second-order valence-electron chi connectivity index (χ2n) is 4.65. The number of ether oxygens (including phenoxy) is 1. The van der Waals surface area contributed by atoms with Gasteiger partial charge in [-0.05, 0) is 11.6 Å². The van der Waals surface area contributed by atoms with Crippen molar-refractivity contribution < 1.29 is 14.3 Å². The smallest absolute Gasteiger partial charge is 0.208 e. The van der Waals surface area contributed by atoms with E-state index in [0.717, 1.165) is 11.1 Å². The summed E-state index contributed by atoms with van der Waals surface area (Å²) in [5, 5.41) is 3.12. The van der Waals surface area contributed by atoms with Crippen LogP contribution in [-0.4, -0.2) is 12.6 Å². The quantitative estimate of drug-likeness (QED) is 0.405. The molecule has 0 fully saturated rings. The molecule has 1 unspecified atom stereocenters. The van der Waals surface area contributed by atoms with Gasteiger partial charge in [-0.3, -0.25) is 9.59 Å². The molecule has 21 heavy (non-hydrogen) atoms. The maximum atomic E-state index is 11.0. The highest BCUT2D eigenvalue weighted by molar-refractivity contribution is 5.99. The summed E-state index contributed by atoms with van der Waals surface area (Å²) < 4.78 is 5.63. The lowest BCUT2D eigenvalue weighted by atomic mass is 9.96. The Balaban J connectivity index is 2.13. The molecule has 0 saturated carbocycles. The molecule has 0 aliphatic carbocycles. The largest absolute Gasteiger partial charge is 0.440 e. The van der Waals surface area contributed by atoms with Crippen molar-refractivity contribution in [3.8, 4) is 5.75 Å². The van der Waals surface area contributed by atoms with E-state index in [1.54, 1.807) is 0 Å². The highest BCUT2D eigenvalue weighted by Gasteiger charge is 2.26. The van der Waals surface area contributed by atoms with Gasteiger partial charge in [-0.25, -0.2) is 0 Å². The van der Waals surface area contributed by atoms with Crippen LogP contribution in [0.1, 0.15) is 17.2 Å². The van der Waals surface area contributed by atoms with E-state index in [9.17, 15) is 9.59 Å². The van der Waals surface area contributed by atoms with E-state index in [2.05, 4.69) is 5.32 Å². The molecule has 0 radical (unpaired) electrons. The second-order valence-corrected chi connectivity index (χ2v) is 4.65. The van der Waals surface area contributed by atoms with Gasteiger partial charge in [-0.15, -0.1) is 0 Å². The summed E-state index contributed by atoms with van der Waals surface area (Å²) in [7, 11) is 0. The number of benzene rings is 2. The Hall–Kier alpha value is -2.88. The molecular weight excluding hydrogens is 266 g/mol. The fourth-order valence-corrected chi connectivity index (χ4v) is 2.35. The summed E-state index contributed by atoms with van der Waals surface area (Å²) in [6.07, 6.45) is 0.983. The monoisotopic (exact) mass is 279 g/mol. The van der Waals surface area contributed by atoms with Crippen LogP contribution in [-0.2, 0) is 9.59 Å². The first-order valence-corrected chi connectivity index (χ1v) is 6.56. The molecule has 3 rings (SSSR count). The number of nitrogens with one attached hydrogen (secondary N) is 1. The first-order chi connectivity index (χ1) is 10.3. The number of para-hydroxylation sites is 1. The zero-order valence-electron chi connectivity index (χ0n) is 11.2. The lowest BCUT2D eigenvalue weighted by Crippen LogP contribution is -2.31. The molecular formula is C17H13NO3. The third kappa shape index (κ3) is 2.43. The molecule has 0 amide bonds. The lowest BCUT2D eigenvalue weighted by molar-refractivity contribution is -0.110. The van der Waals surface area contributed by atoms with Crippen LogP contribution in [0.3, 0.4) is 0 Å². The van der Waals surface area contributed by atoms with Gasteiger partial charge in [0.2, 0.25) is 5.88 Å². The van der Waals surface area contributed by atoms with Crippen molar-refractivity contribution in [3.05, 3.63) is 77.2 Å². The van der Waals surface area contributed by atoms with Crippen LogP contribution in [0.5, 0.6) is 5.75 Å². The van der Waals surface area contributed by atoms with Crippen LogP contribution in [0.2, 0.25) is 0 Å². The van der Waals surface area contributed by atoms with Gasteiger partial charge in [0.25, 0.3) is 0 Å². The molecule has 2 aromatic carbocycles. The number of rotatable bonds is 3. The number of hydrogen-bond donors (Lipinski definition) is 1. The van der Waals surface area contributed by atoms with E-state index < -0.39 is 0 Å². The normalized spacial score (nSPS) is 16.2. The Morgan fingerprint density at radius 2 is 1.62 bits per heavy atom. The first-order valence-electron chi connectivity index (χ1n) is 6.56. The zero-order valence-corrected chi connectivity index (χ0v) is 11.2. The summed E-state index contributed by atoms with van der Waals surface area (Å²) >= 11 is 0. The topological polar surface area (TPSA) is 55.4 Å². The lowest BCUT2D eigenvalue weighted by Gasteiger charge is -2.30. The third-order valence-electron chi connectivity index (χ3n) is 3.37. The number of allylic oxidation sites excluding steroid dienone is 1. The van der Waals surface area contributed by atoms with E-state index >= 15 is 0 Å². The van der Waals surface area contributed by atoms with Gasteiger partial charge in [0, 0.05) is 5.56 Å². The molecule has 1 aliphatic rings. The van der Waals surface area contributed by atoms with Gasteiger partial charge in [0.1, 0.15) is 11.3 Å². The Morgan fingerprint density at radius 1 is 0.952 bits per heavy atom. The predicted octanol–water partition coefficient (Wildman–Crippen LogP) is 2.37. The molecule has 1 atom stereocenters. The van der Waals surface area contributed by atoms with Crippen LogP contribution < -0.4 is 10.1 Å². The number of carbonyl (C=O) groups is 2. The first kappa shape index (κ1) is 13.1. The van der Waals surface area contributed by atoms with Crippen molar-refractivity contribution >= 4 is 12.6 Å². The Bertz CT molecular complexity index is 697. The SMILES string of the molecule is O=CC(C=O)=C1NC(c2ccccc2)c2ccccc2O1. The summed E-state index contributed by atoms with van der Waals surface area (Å²) in [5.41, 5.74) is 1.95. The summed E-state index contributed by atoms with van der Waals surface area (Å²) in [5.74, 6) is 0.828. The standard InChI is InChI=1S/C17H13NO3/c19-10-13(11-20)17-18-16(12-6-2-1-3-7-12)14-8-4-5-9-15(14)21-17/h1-11,16,18H. The Labute approximate surface area is 122 Å². The van der Waals surface area contributed by atoms with Crippen molar-refractivity contribution in [1.29, 1.82) is 0 Å². The van der Waals surface area contributed by atoms with Crippen molar-refractivity contribution in [3.63, 3.8) is 0 Å². The highest BCUT2D eigenvalue weighted by atomic mass is 16.5. The minimum Gasteiger partial charge on any atom is -0.440 e. The molecule has 1 aliphatic heterocycles. The van der Waals surface area contributed by atoms with E-state index in [1.165, 1.54) is 0 Å². The molecule has 0 saturated heterocycles. The van der Waals surface area contributed by atoms with Crippen LogP contribution in [0.25, 0.3) is 0 Å². The van der Waals surface area contributed by atoms with E-state index in [-0.39, 0.29) is 17.5 Å². The van der Waals surface area contributed by atoms with Crippen molar-refractivity contribution in [2.24, 2.45) is 0 Å². The van der Waals surface area contributed by atoms with Gasteiger partial charge < -0.3 is 10.1 Å². The van der Waals surface area contributed by atoms with Crippen LogP contribution in [0, 0.1) is 0 Å². The van der Waals surface area contributed by atoms with Crippen molar-refractivity contribution in [2.75, 3.05) is 0 Å². The average Bonchev–Trinajstić information content (AvgIpc) is 2.56. The minimum absolute atomic E-state index is 0.0366. The maximum Gasteiger partial charge on any atom is 0.208 e. The van der Waals surface area contributed by atoms with Crippen molar-refractivity contribution in [2.45, 2.75) is 6.04 Å². The molecule has 0 bridgehead atoms. The molecule has 2 aromatic rings. The van der Waals surface area contributed by atoms with Gasteiger partial charge in [-0.2, -0.15) is 0 Å². The number of hydrogen-bond acceptors (Lipinski definition) is 4. The molecule has 1 N–H and O–H groups in total. The number of carbonyl (C=O) groups excluding carboxylic acids is 2. The van der Waals surface area contributed by atoms with Crippen molar-refractivity contribution in [1.82, 2.24) is 5.32 Å². The summed E-state index contributed by atoms with van der Waals surface area (Å²) in [4.78, 5) is 22.0. The van der Waals surface area contributed by atoms with Gasteiger partial charge in [0.15, 0.2) is 12.6 Å². The van der Waals surface area contributed by atoms with Gasteiger partial charge in [0.05, 0.1) is 6.04 Å².